The number of rotatable bonds is 3. The minimum Gasteiger partial charge on any atom is -0.343 e. The first-order valence-corrected chi connectivity index (χ1v) is 13.0. The van der Waals surface area contributed by atoms with Gasteiger partial charge >= 0.3 is 0 Å². The van der Waals surface area contributed by atoms with Crippen LogP contribution >= 0.6 is 8.03 Å². The molecular formula is C24H40NO3P. The molecule has 0 spiro atoms. The van der Waals surface area contributed by atoms with Crippen molar-refractivity contribution in [2.45, 2.75) is 97.6 Å². The summed E-state index contributed by atoms with van der Waals surface area (Å²) >= 11 is 0. The van der Waals surface area contributed by atoms with Crippen molar-refractivity contribution in [1.82, 2.24) is 4.90 Å². The van der Waals surface area contributed by atoms with E-state index in [0.29, 0.717) is 17.9 Å². The Morgan fingerprint density at radius 1 is 1.10 bits per heavy atom. The molecule has 0 saturated heterocycles. The minimum atomic E-state index is -2.52. The van der Waals surface area contributed by atoms with Gasteiger partial charge in [0.2, 0.25) is 14.4 Å². The second kappa shape index (κ2) is 7.23. The number of carbonyl (C=O) groups excluding carboxylic acids is 1. The van der Waals surface area contributed by atoms with E-state index in [1.807, 2.05) is 0 Å². The molecule has 0 aromatic heterocycles. The van der Waals surface area contributed by atoms with Crippen molar-refractivity contribution in [3.05, 3.63) is 11.4 Å². The van der Waals surface area contributed by atoms with E-state index >= 15 is 0 Å². The third-order valence-electron chi connectivity index (χ3n) is 9.77. The zero-order valence-corrected chi connectivity index (χ0v) is 19.9. The van der Waals surface area contributed by atoms with Gasteiger partial charge in [-0.15, -0.1) is 0 Å². The van der Waals surface area contributed by atoms with Crippen LogP contribution < -0.4 is 0 Å². The van der Waals surface area contributed by atoms with E-state index < -0.39 is 8.03 Å². The summed E-state index contributed by atoms with van der Waals surface area (Å²) in [5.41, 5.74) is 0.374. The van der Waals surface area contributed by atoms with E-state index in [1.165, 1.54) is 32.1 Å². The molecule has 4 nitrogen and oxygen atoms in total. The summed E-state index contributed by atoms with van der Waals surface area (Å²) in [6, 6.07) is 0.356. The highest BCUT2D eigenvalue weighted by Crippen LogP contribution is 2.67. The molecule has 1 amide bonds. The number of nitrogens with zero attached hydrogens (tertiary/aromatic N) is 1. The van der Waals surface area contributed by atoms with E-state index in [1.54, 1.807) is 0 Å². The van der Waals surface area contributed by atoms with Crippen LogP contribution in [0.4, 0.5) is 0 Å². The first-order valence-electron chi connectivity index (χ1n) is 11.7. The van der Waals surface area contributed by atoms with Crippen LogP contribution in [0.3, 0.4) is 0 Å². The highest BCUT2D eigenvalue weighted by Gasteiger charge is 2.61. The van der Waals surface area contributed by atoms with Gasteiger partial charge in [0, 0.05) is 16.9 Å². The maximum Gasteiger partial charge on any atom is 0.213 e. The zero-order chi connectivity index (χ0) is 21.2. The summed E-state index contributed by atoms with van der Waals surface area (Å²) in [5.74, 6) is 2.73. The third-order valence-corrected chi connectivity index (χ3v) is 10.7. The van der Waals surface area contributed by atoms with Crippen molar-refractivity contribution in [2.75, 3.05) is 0 Å². The van der Waals surface area contributed by atoms with Crippen molar-refractivity contribution in [3.63, 3.8) is 0 Å². The number of hydrogen-bond acceptors (Lipinski definition) is 2. The van der Waals surface area contributed by atoms with Gasteiger partial charge in [-0.2, -0.15) is 0 Å². The summed E-state index contributed by atoms with van der Waals surface area (Å²) in [7, 11) is -2.52. The van der Waals surface area contributed by atoms with Crippen molar-refractivity contribution < 1.29 is 14.3 Å². The molecular weight excluding hydrogens is 381 g/mol. The quantitative estimate of drug-likeness (QED) is 0.476. The maximum absolute atomic E-state index is 12.0. The molecule has 4 rings (SSSR count). The molecule has 8 atom stereocenters. The minimum absolute atomic E-state index is 0.128. The molecule has 29 heavy (non-hydrogen) atoms. The maximum atomic E-state index is 12.0. The number of amides is 1. The van der Waals surface area contributed by atoms with Crippen molar-refractivity contribution in [3.8, 4) is 0 Å². The number of fused-ring (bicyclic) bond motifs is 5. The Bertz CT molecular complexity index is 728. The van der Waals surface area contributed by atoms with E-state index in [0.717, 1.165) is 42.8 Å². The largest absolute Gasteiger partial charge is 0.343 e. The molecule has 0 bridgehead atoms. The van der Waals surface area contributed by atoms with Crippen LogP contribution in [0, 0.1) is 34.5 Å². The Morgan fingerprint density at radius 2 is 1.79 bits per heavy atom. The fraction of sp³-hybridized carbons (Fsp3) is 0.875. The monoisotopic (exact) mass is 421 g/mol. The van der Waals surface area contributed by atoms with Gasteiger partial charge in [0.05, 0.1) is 0 Å². The summed E-state index contributed by atoms with van der Waals surface area (Å²) in [6.45, 7) is 11.4. The molecule has 4 aliphatic rings. The van der Waals surface area contributed by atoms with Crippen LogP contribution in [0.15, 0.2) is 11.4 Å². The lowest BCUT2D eigenvalue weighted by Gasteiger charge is -2.60. The van der Waals surface area contributed by atoms with Gasteiger partial charge in [-0.3, -0.25) is 9.36 Å². The van der Waals surface area contributed by atoms with E-state index in [2.05, 4.69) is 45.6 Å². The molecule has 0 aromatic carbocycles. The molecule has 1 unspecified atom stereocenters. The third kappa shape index (κ3) is 3.28. The molecule has 4 aliphatic carbocycles. The van der Waals surface area contributed by atoms with Crippen molar-refractivity contribution in [2.24, 2.45) is 34.5 Å². The molecule has 0 heterocycles. The Morgan fingerprint density at radius 3 is 2.41 bits per heavy atom. The Kier molecular flexibility index (Phi) is 5.39. The predicted octanol–water partition coefficient (Wildman–Crippen LogP) is 5.62. The molecule has 1 N–H and O–H groups in total. The predicted molar refractivity (Wildman–Crippen MR) is 118 cm³/mol. The first-order chi connectivity index (χ1) is 13.5. The van der Waals surface area contributed by atoms with E-state index in [-0.39, 0.29) is 16.4 Å². The van der Waals surface area contributed by atoms with Gasteiger partial charge in [0.15, 0.2) is 0 Å². The lowest BCUT2D eigenvalue weighted by molar-refractivity contribution is -0.136. The van der Waals surface area contributed by atoms with E-state index in [4.69, 9.17) is 0 Å². The molecule has 0 aromatic rings. The first kappa shape index (κ1) is 21.6. The van der Waals surface area contributed by atoms with Crippen LogP contribution in [-0.2, 0) is 9.36 Å². The second-order valence-electron chi connectivity index (χ2n) is 11.9. The molecule has 3 fully saturated rings. The average molecular weight is 422 g/mol. The van der Waals surface area contributed by atoms with Gasteiger partial charge in [-0.25, -0.2) is 0 Å². The number of allylic oxidation sites excluding steroid dienone is 2. The van der Waals surface area contributed by atoms with Gasteiger partial charge in [0.25, 0.3) is 0 Å². The summed E-state index contributed by atoms with van der Waals surface area (Å²) in [4.78, 5) is 23.8. The van der Waals surface area contributed by atoms with Gasteiger partial charge in [-0.1, -0.05) is 19.9 Å². The zero-order valence-electron chi connectivity index (χ0n) is 18.9. The van der Waals surface area contributed by atoms with Gasteiger partial charge in [0.1, 0.15) is 0 Å². The highest BCUT2D eigenvalue weighted by atomic mass is 31.1. The molecule has 164 valence electrons. The van der Waals surface area contributed by atoms with Crippen molar-refractivity contribution >= 4 is 14.4 Å². The lowest BCUT2D eigenvalue weighted by atomic mass is 9.46. The SMILES string of the molecule is CC(C)(C)N(C=O)[C@H]1CC[C@H]2[C@@H]3CC[C@H]4CC([PH](=O)O)=CC[C@]4(C)[C@H]3CC[C@]12C. The molecule has 5 heteroatoms. The average Bonchev–Trinajstić information content (AvgIpc) is 2.97. The summed E-state index contributed by atoms with van der Waals surface area (Å²) < 4.78 is 11.7. The number of carbonyl (C=O) groups is 1. The Labute approximate surface area is 177 Å². The lowest BCUT2D eigenvalue weighted by Crippen LogP contribution is -2.57. The standard InChI is InChI=1S/C24H40NO3P/c1-22(2,3)25(15-26)21-9-8-19-18-7-6-16-14-17(29(27)28)10-12-23(16,4)20(18)11-13-24(19,21)5/h10,15-16,18-21,29H,6-9,11-14H2,1-5H3,(H,27,28)/t16-,18-,19-,20-,21-,23-,24-/m0/s1. The summed E-state index contributed by atoms with van der Waals surface area (Å²) in [6.07, 6.45) is 12.3. The van der Waals surface area contributed by atoms with Crippen LogP contribution in [0.1, 0.15) is 86.0 Å². The van der Waals surface area contributed by atoms with Gasteiger partial charge < -0.3 is 9.79 Å². The normalized spacial score (nSPS) is 45.4. The van der Waals surface area contributed by atoms with Crippen LogP contribution in [0.5, 0.6) is 0 Å². The van der Waals surface area contributed by atoms with Crippen LogP contribution in [0.25, 0.3) is 0 Å². The fourth-order valence-corrected chi connectivity index (χ4v) is 8.88. The van der Waals surface area contributed by atoms with E-state index in [9.17, 15) is 14.3 Å². The van der Waals surface area contributed by atoms with Gasteiger partial charge in [-0.05, 0) is 107 Å². The Hall–Kier alpha value is -0.600. The topological polar surface area (TPSA) is 57.6 Å². The second-order valence-corrected chi connectivity index (χ2v) is 13.2. The fourth-order valence-electron chi connectivity index (χ4n) is 8.18. The van der Waals surface area contributed by atoms with Crippen molar-refractivity contribution in [1.29, 1.82) is 0 Å². The number of hydrogen-bond donors (Lipinski definition) is 1. The molecule has 0 aliphatic heterocycles. The van der Waals surface area contributed by atoms with Crippen LogP contribution in [0.2, 0.25) is 0 Å². The Balaban J connectivity index is 1.60. The summed E-state index contributed by atoms with van der Waals surface area (Å²) in [5, 5.41) is 0.823. The molecule has 3 saturated carbocycles. The molecule has 0 radical (unpaired) electrons. The highest BCUT2D eigenvalue weighted by molar-refractivity contribution is 7.43. The smallest absolute Gasteiger partial charge is 0.213 e. The van der Waals surface area contributed by atoms with Crippen LogP contribution in [-0.4, -0.2) is 27.8 Å².